The molecule has 0 amide bonds. The van der Waals surface area contributed by atoms with E-state index in [1.165, 1.54) is 13.0 Å². The van der Waals surface area contributed by atoms with E-state index < -0.39 is 19.1 Å². The van der Waals surface area contributed by atoms with Gasteiger partial charge in [0, 0.05) is 0 Å². The maximum Gasteiger partial charge on any atom is 0.482 e. The first-order chi connectivity index (χ1) is 5.88. The molecule has 0 atom stereocenters. The Hall–Kier alpha value is -0.995. The maximum absolute atomic E-state index is 12.7. The van der Waals surface area contributed by atoms with Crippen LogP contribution in [0, 0.1) is 12.7 Å². The van der Waals surface area contributed by atoms with Crippen LogP contribution in [0.5, 0.6) is 0 Å². The third kappa shape index (κ3) is 3.09. The molecule has 0 unspecified atom stereocenters. The van der Waals surface area contributed by atoms with Crippen molar-refractivity contribution in [3.63, 3.8) is 0 Å². The van der Waals surface area contributed by atoms with Gasteiger partial charge in [-0.25, -0.2) is 4.39 Å². The van der Waals surface area contributed by atoms with Crippen LogP contribution in [0.1, 0.15) is 11.1 Å². The summed E-state index contributed by atoms with van der Waals surface area (Å²) in [6, 6.07) is 3.45. The minimum absolute atomic E-state index is 0.117. The molecule has 0 spiro atoms. The molecule has 0 N–H and O–H groups in total. The average molecular weight is 191 g/mol. The van der Waals surface area contributed by atoms with Gasteiger partial charge >= 0.3 is 6.98 Å². The molecular formula is C8H8BF4-. The summed E-state index contributed by atoms with van der Waals surface area (Å²) in [4.78, 5) is 0. The quantitative estimate of drug-likeness (QED) is 0.497. The third-order valence-corrected chi connectivity index (χ3v) is 1.69. The van der Waals surface area contributed by atoms with Gasteiger partial charge < -0.3 is 12.9 Å². The highest BCUT2D eigenvalue weighted by Crippen LogP contribution is 2.18. The van der Waals surface area contributed by atoms with Crippen molar-refractivity contribution in [2.24, 2.45) is 0 Å². The zero-order valence-corrected chi connectivity index (χ0v) is 7.03. The monoisotopic (exact) mass is 191 g/mol. The largest absolute Gasteiger partial charge is 0.482 e. The highest BCUT2D eigenvalue weighted by molar-refractivity contribution is 6.57. The smallest absolute Gasteiger partial charge is 0.449 e. The predicted octanol–water partition coefficient (Wildman–Crippen LogP) is 3.06. The molecule has 13 heavy (non-hydrogen) atoms. The van der Waals surface area contributed by atoms with Crippen molar-refractivity contribution in [3.8, 4) is 0 Å². The summed E-state index contributed by atoms with van der Waals surface area (Å²) in [6.07, 6.45) is -0.943. The Morgan fingerprint density at radius 3 is 2.31 bits per heavy atom. The molecule has 1 aromatic carbocycles. The fourth-order valence-electron chi connectivity index (χ4n) is 1.10. The number of rotatable bonds is 2. The van der Waals surface area contributed by atoms with Gasteiger partial charge in [0.2, 0.25) is 0 Å². The summed E-state index contributed by atoms with van der Waals surface area (Å²) in [6.45, 7) is -3.38. The minimum Gasteiger partial charge on any atom is -0.449 e. The SMILES string of the molecule is Cc1cc(C[B-](F)(F)F)ccc1F. The highest BCUT2D eigenvalue weighted by Gasteiger charge is 2.23. The van der Waals surface area contributed by atoms with Crippen molar-refractivity contribution in [2.75, 3.05) is 0 Å². The second kappa shape index (κ2) is 3.40. The number of halogens is 4. The van der Waals surface area contributed by atoms with Crippen molar-refractivity contribution >= 4 is 6.98 Å². The van der Waals surface area contributed by atoms with Crippen molar-refractivity contribution in [1.82, 2.24) is 0 Å². The molecule has 0 aromatic heterocycles. The average Bonchev–Trinajstić information content (AvgIpc) is 1.94. The van der Waals surface area contributed by atoms with E-state index in [0.717, 1.165) is 12.1 Å². The summed E-state index contributed by atoms with van der Waals surface area (Å²) >= 11 is 0. The van der Waals surface area contributed by atoms with Gasteiger partial charge in [-0.15, -0.1) is 0 Å². The van der Waals surface area contributed by atoms with Crippen LogP contribution in [0.2, 0.25) is 0 Å². The van der Waals surface area contributed by atoms with Crippen LogP contribution in [-0.4, -0.2) is 6.98 Å². The molecule has 0 fully saturated rings. The fraction of sp³-hybridized carbons (Fsp3) is 0.250. The summed E-state index contributed by atoms with van der Waals surface area (Å²) in [5, 5.41) is 0. The summed E-state index contributed by atoms with van der Waals surface area (Å²) in [5.74, 6) is -0.474. The third-order valence-electron chi connectivity index (χ3n) is 1.69. The van der Waals surface area contributed by atoms with Gasteiger partial charge in [0.1, 0.15) is 5.82 Å². The number of hydrogen-bond acceptors (Lipinski definition) is 0. The van der Waals surface area contributed by atoms with E-state index in [1.54, 1.807) is 0 Å². The van der Waals surface area contributed by atoms with Crippen molar-refractivity contribution < 1.29 is 17.3 Å². The molecule has 1 aromatic rings. The van der Waals surface area contributed by atoms with E-state index in [4.69, 9.17) is 0 Å². The van der Waals surface area contributed by atoms with Crippen LogP contribution in [0.15, 0.2) is 18.2 Å². The first kappa shape index (κ1) is 10.1. The van der Waals surface area contributed by atoms with E-state index in [9.17, 15) is 17.3 Å². The van der Waals surface area contributed by atoms with Gasteiger partial charge in [-0.05, 0) is 18.6 Å². The van der Waals surface area contributed by atoms with Gasteiger partial charge in [0.15, 0.2) is 0 Å². The second-order valence-corrected chi connectivity index (χ2v) is 3.00. The van der Waals surface area contributed by atoms with Crippen LogP contribution in [-0.2, 0) is 6.32 Å². The Balaban J connectivity index is 2.86. The van der Waals surface area contributed by atoms with E-state index in [1.807, 2.05) is 0 Å². The molecular weight excluding hydrogens is 183 g/mol. The zero-order valence-electron chi connectivity index (χ0n) is 7.03. The molecule has 0 bridgehead atoms. The molecule has 0 aliphatic heterocycles. The molecule has 0 saturated heterocycles. The van der Waals surface area contributed by atoms with Crippen LogP contribution in [0.25, 0.3) is 0 Å². The molecule has 5 heteroatoms. The van der Waals surface area contributed by atoms with Crippen LogP contribution >= 0.6 is 0 Å². The molecule has 1 rings (SSSR count). The Bertz CT molecular complexity index is 306. The minimum atomic E-state index is -4.83. The number of aryl methyl sites for hydroxylation is 1. The summed E-state index contributed by atoms with van der Waals surface area (Å²) in [5.41, 5.74) is 0.365. The Labute approximate surface area is 73.6 Å². The van der Waals surface area contributed by atoms with Crippen molar-refractivity contribution in [1.29, 1.82) is 0 Å². The lowest BCUT2D eigenvalue weighted by atomic mass is 9.81. The topological polar surface area (TPSA) is 0 Å². The first-order valence-corrected chi connectivity index (χ1v) is 3.84. The van der Waals surface area contributed by atoms with Crippen LogP contribution < -0.4 is 0 Å². The molecule has 0 saturated carbocycles. The lowest BCUT2D eigenvalue weighted by Gasteiger charge is -2.13. The van der Waals surface area contributed by atoms with Gasteiger partial charge in [-0.2, -0.15) is 0 Å². The van der Waals surface area contributed by atoms with Gasteiger partial charge in [0.25, 0.3) is 0 Å². The predicted molar refractivity (Wildman–Crippen MR) is 43.9 cm³/mol. The van der Waals surface area contributed by atoms with Crippen LogP contribution in [0.3, 0.4) is 0 Å². The lowest BCUT2D eigenvalue weighted by Crippen LogP contribution is -2.19. The fourth-order valence-corrected chi connectivity index (χ4v) is 1.10. The van der Waals surface area contributed by atoms with Crippen molar-refractivity contribution in [3.05, 3.63) is 35.1 Å². The molecule has 0 radical (unpaired) electrons. The molecule has 0 heterocycles. The summed E-state index contributed by atoms with van der Waals surface area (Å²) in [7, 11) is 0. The second-order valence-electron chi connectivity index (χ2n) is 3.00. The first-order valence-electron chi connectivity index (χ1n) is 3.84. The Morgan fingerprint density at radius 2 is 1.85 bits per heavy atom. The van der Waals surface area contributed by atoms with E-state index >= 15 is 0 Å². The standard InChI is InChI=1S/C8H8BF4/c1-6-4-7(2-3-8(6)10)5-9(11,12)13/h2-4H,5H2,1H3/q-1. The molecule has 0 aliphatic rings. The zero-order chi connectivity index (χ0) is 10.1. The van der Waals surface area contributed by atoms with E-state index in [-0.39, 0.29) is 11.1 Å². The molecule has 0 nitrogen and oxygen atoms in total. The highest BCUT2D eigenvalue weighted by atomic mass is 19.4. The van der Waals surface area contributed by atoms with Gasteiger partial charge in [0.05, 0.1) is 0 Å². The Kier molecular flexibility index (Phi) is 2.64. The maximum atomic E-state index is 12.7. The molecule has 0 aliphatic carbocycles. The van der Waals surface area contributed by atoms with E-state index in [0.29, 0.717) is 0 Å². The Morgan fingerprint density at radius 1 is 1.23 bits per heavy atom. The van der Waals surface area contributed by atoms with Crippen LogP contribution in [0.4, 0.5) is 17.3 Å². The molecule has 72 valence electrons. The van der Waals surface area contributed by atoms with Crippen molar-refractivity contribution in [2.45, 2.75) is 13.2 Å². The normalized spacial score (nSPS) is 11.8. The lowest BCUT2D eigenvalue weighted by molar-refractivity contribution is 0.468. The summed E-state index contributed by atoms with van der Waals surface area (Å²) < 4.78 is 48.5. The van der Waals surface area contributed by atoms with Gasteiger partial charge in [-0.1, -0.05) is 24.0 Å². The van der Waals surface area contributed by atoms with E-state index in [2.05, 4.69) is 0 Å². The number of benzene rings is 1. The number of hydrogen-bond donors (Lipinski definition) is 0. The van der Waals surface area contributed by atoms with Gasteiger partial charge in [-0.3, -0.25) is 0 Å².